The van der Waals surface area contributed by atoms with Crippen molar-refractivity contribution in [2.75, 3.05) is 26.2 Å². The second kappa shape index (κ2) is 7.70. The summed E-state index contributed by atoms with van der Waals surface area (Å²) in [5.74, 6) is 1.20. The summed E-state index contributed by atoms with van der Waals surface area (Å²) in [5, 5.41) is 9.10. The lowest BCUT2D eigenvalue weighted by Gasteiger charge is -2.09. The second-order valence-electron chi connectivity index (χ2n) is 4.00. The van der Waals surface area contributed by atoms with E-state index in [1.165, 1.54) is 0 Å². The minimum atomic E-state index is 0.171. The Bertz CT molecular complexity index is 284. The van der Waals surface area contributed by atoms with E-state index < -0.39 is 0 Å². The largest absolute Gasteiger partial charge is 0.357 e. The zero-order valence-electron chi connectivity index (χ0n) is 10.5. The first kappa shape index (κ1) is 13.5. The predicted molar refractivity (Wildman–Crippen MR) is 69.9 cm³/mol. The number of hydrogen-bond acceptors (Lipinski definition) is 2. The van der Waals surface area contributed by atoms with E-state index in [2.05, 4.69) is 27.5 Å². The molecule has 3 N–H and O–H groups in total. The molecule has 1 fully saturated rings. The normalized spacial score (nSPS) is 15.2. The van der Waals surface area contributed by atoms with Crippen molar-refractivity contribution in [2.24, 2.45) is 10.9 Å². The molecule has 0 saturated heterocycles. The third-order valence-corrected chi connectivity index (χ3v) is 2.39. The van der Waals surface area contributed by atoms with Crippen LogP contribution in [0.5, 0.6) is 0 Å². The SMILES string of the molecule is C=CCNC(=NCCNC(=O)C1CC1)NCC. The van der Waals surface area contributed by atoms with Crippen LogP contribution in [0.2, 0.25) is 0 Å². The fourth-order valence-electron chi connectivity index (χ4n) is 1.35. The number of carbonyl (C=O) groups excluding carboxylic acids is 1. The number of guanidine groups is 1. The average molecular weight is 238 g/mol. The maximum atomic E-state index is 11.3. The minimum Gasteiger partial charge on any atom is -0.357 e. The van der Waals surface area contributed by atoms with E-state index >= 15 is 0 Å². The topological polar surface area (TPSA) is 65.5 Å². The standard InChI is InChI=1S/C12H22N4O/c1-3-7-15-12(13-4-2)16-9-8-14-11(17)10-5-6-10/h3,10H,1,4-9H2,2H3,(H,14,17)(H2,13,15,16). The molecule has 5 heteroatoms. The van der Waals surface area contributed by atoms with Crippen LogP contribution in [0.3, 0.4) is 0 Å². The summed E-state index contributed by atoms with van der Waals surface area (Å²) >= 11 is 0. The summed E-state index contributed by atoms with van der Waals surface area (Å²) < 4.78 is 0. The van der Waals surface area contributed by atoms with Crippen molar-refractivity contribution < 1.29 is 4.79 Å². The van der Waals surface area contributed by atoms with Gasteiger partial charge >= 0.3 is 0 Å². The van der Waals surface area contributed by atoms with Crippen LogP contribution in [-0.2, 0) is 4.79 Å². The van der Waals surface area contributed by atoms with Crippen LogP contribution in [0.1, 0.15) is 19.8 Å². The summed E-state index contributed by atoms with van der Waals surface area (Å²) in [4.78, 5) is 15.7. The Hall–Kier alpha value is -1.52. The van der Waals surface area contributed by atoms with Crippen molar-refractivity contribution in [3.05, 3.63) is 12.7 Å². The molecule has 1 aliphatic carbocycles. The molecule has 1 aliphatic rings. The van der Waals surface area contributed by atoms with Gasteiger partial charge in [-0.15, -0.1) is 6.58 Å². The molecular weight excluding hydrogens is 216 g/mol. The van der Waals surface area contributed by atoms with Gasteiger partial charge in [-0.1, -0.05) is 6.08 Å². The molecule has 0 aromatic carbocycles. The Kier molecular flexibility index (Phi) is 6.14. The van der Waals surface area contributed by atoms with Crippen molar-refractivity contribution in [1.29, 1.82) is 0 Å². The smallest absolute Gasteiger partial charge is 0.223 e. The molecule has 17 heavy (non-hydrogen) atoms. The van der Waals surface area contributed by atoms with E-state index in [1.54, 1.807) is 6.08 Å². The Morgan fingerprint density at radius 1 is 1.41 bits per heavy atom. The van der Waals surface area contributed by atoms with Crippen molar-refractivity contribution in [1.82, 2.24) is 16.0 Å². The third-order valence-electron chi connectivity index (χ3n) is 2.39. The average Bonchev–Trinajstić information content (AvgIpc) is 3.15. The van der Waals surface area contributed by atoms with Gasteiger partial charge in [-0.25, -0.2) is 0 Å². The highest BCUT2D eigenvalue weighted by molar-refractivity contribution is 5.81. The fraction of sp³-hybridized carbons (Fsp3) is 0.667. The molecule has 1 amide bonds. The van der Waals surface area contributed by atoms with Gasteiger partial charge in [0.2, 0.25) is 5.91 Å². The third kappa shape index (κ3) is 5.94. The van der Waals surface area contributed by atoms with E-state index in [0.717, 1.165) is 25.3 Å². The van der Waals surface area contributed by atoms with Crippen LogP contribution in [-0.4, -0.2) is 38.0 Å². The van der Waals surface area contributed by atoms with E-state index in [1.807, 2.05) is 6.92 Å². The molecule has 0 aromatic heterocycles. The second-order valence-corrected chi connectivity index (χ2v) is 4.00. The number of nitrogens with one attached hydrogen (secondary N) is 3. The van der Waals surface area contributed by atoms with Crippen molar-refractivity contribution in [3.8, 4) is 0 Å². The molecule has 96 valence electrons. The quantitative estimate of drug-likeness (QED) is 0.258. The van der Waals surface area contributed by atoms with Gasteiger partial charge in [-0.05, 0) is 19.8 Å². The van der Waals surface area contributed by atoms with Crippen LogP contribution in [0.25, 0.3) is 0 Å². The zero-order valence-corrected chi connectivity index (χ0v) is 10.5. The zero-order chi connectivity index (χ0) is 12.5. The van der Waals surface area contributed by atoms with Gasteiger partial charge in [0.05, 0.1) is 6.54 Å². The number of hydrogen-bond donors (Lipinski definition) is 3. The molecule has 5 nitrogen and oxygen atoms in total. The molecule has 0 radical (unpaired) electrons. The summed E-state index contributed by atoms with van der Waals surface area (Å²) in [6, 6.07) is 0. The molecule has 1 saturated carbocycles. The van der Waals surface area contributed by atoms with Gasteiger partial charge in [0, 0.05) is 25.6 Å². The van der Waals surface area contributed by atoms with Gasteiger partial charge in [0.1, 0.15) is 0 Å². The highest BCUT2D eigenvalue weighted by atomic mass is 16.2. The predicted octanol–water partition coefficient (Wildman–Crippen LogP) is 0.254. The van der Waals surface area contributed by atoms with E-state index in [0.29, 0.717) is 19.6 Å². The van der Waals surface area contributed by atoms with Gasteiger partial charge in [-0.3, -0.25) is 9.79 Å². The van der Waals surface area contributed by atoms with Crippen LogP contribution in [0.4, 0.5) is 0 Å². The molecule has 1 rings (SSSR count). The summed E-state index contributed by atoms with van der Waals surface area (Å²) in [7, 11) is 0. The maximum absolute atomic E-state index is 11.3. The first-order valence-electron chi connectivity index (χ1n) is 6.18. The number of aliphatic imine (C=N–C) groups is 1. The minimum absolute atomic E-state index is 0.171. The molecule has 0 bridgehead atoms. The van der Waals surface area contributed by atoms with E-state index in [9.17, 15) is 4.79 Å². The molecule has 0 aromatic rings. The molecule has 0 heterocycles. The first-order valence-corrected chi connectivity index (χ1v) is 6.18. The molecular formula is C12H22N4O. The Morgan fingerprint density at radius 3 is 2.76 bits per heavy atom. The van der Waals surface area contributed by atoms with Gasteiger partial charge in [0.15, 0.2) is 5.96 Å². The first-order chi connectivity index (χ1) is 8.27. The number of amides is 1. The van der Waals surface area contributed by atoms with Crippen LogP contribution in [0, 0.1) is 5.92 Å². The van der Waals surface area contributed by atoms with Crippen LogP contribution >= 0.6 is 0 Å². The molecule has 0 spiro atoms. The van der Waals surface area contributed by atoms with Crippen LogP contribution in [0.15, 0.2) is 17.6 Å². The van der Waals surface area contributed by atoms with Gasteiger partial charge in [-0.2, -0.15) is 0 Å². The Balaban J connectivity index is 2.17. The lowest BCUT2D eigenvalue weighted by atomic mass is 10.4. The van der Waals surface area contributed by atoms with Crippen molar-refractivity contribution in [2.45, 2.75) is 19.8 Å². The number of nitrogens with zero attached hydrogens (tertiary/aromatic N) is 1. The van der Waals surface area contributed by atoms with E-state index in [4.69, 9.17) is 0 Å². The summed E-state index contributed by atoms with van der Waals surface area (Å²) in [5.41, 5.74) is 0. The Morgan fingerprint density at radius 2 is 2.18 bits per heavy atom. The molecule has 0 unspecified atom stereocenters. The van der Waals surface area contributed by atoms with Crippen molar-refractivity contribution >= 4 is 11.9 Å². The number of rotatable bonds is 7. The van der Waals surface area contributed by atoms with Gasteiger partial charge < -0.3 is 16.0 Å². The fourth-order valence-corrected chi connectivity index (χ4v) is 1.35. The monoisotopic (exact) mass is 238 g/mol. The molecule has 0 atom stereocenters. The Labute approximate surface area is 103 Å². The molecule has 0 aliphatic heterocycles. The lowest BCUT2D eigenvalue weighted by Crippen LogP contribution is -2.38. The van der Waals surface area contributed by atoms with Gasteiger partial charge in [0.25, 0.3) is 0 Å². The summed E-state index contributed by atoms with van der Waals surface area (Å²) in [6.45, 7) is 8.33. The van der Waals surface area contributed by atoms with Crippen LogP contribution < -0.4 is 16.0 Å². The lowest BCUT2D eigenvalue weighted by molar-refractivity contribution is -0.122. The summed E-state index contributed by atoms with van der Waals surface area (Å²) in [6.07, 6.45) is 3.86. The van der Waals surface area contributed by atoms with Crippen molar-refractivity contribution in [3.63, 3.8) is 0 Å². The highest BCUT2D eigenvalue weighted by Gasteiger charge is 2.28. The highest BCUT2D eigenvalue weighted by Crippen LogP contribution is 2.28. The van der Waals surface area contributed by atoms with E-state index in [-0.39, 0.29) is 11.8 Å². The number of carbonyl (C=O) groups is 1. The maximum Gasteiger partial charge on any atom is 0.223 e.